The van der Waals surface area contributed by atoms with Crippen molar-refractivity contribution in [2.24, 2.45) is 39.0 Å². The summed E-state index contributed by atoms with van der Waals surface area (Å²) in [6, 6.07) is 27.1. The van der Waals surface area contributed by atoms with E-state index in [1.165, 1.54) is 11.1 Å². The number of guanidine groups is 2. The quantitative estimate of drug-likeness (QED) is 0.0365. The summed E-state index contributed by atoms with van der Waals surface area (Å²) >= 11 is 18.2. The number of aryl methyl sites for hydroxylation is 2. The average molecular weight is 763 g/mol. The van der Waals surface area contributed by atoms with E-state index in [1.807, 2.05) is 86.6 Å². The summed E-state index contributed by atoms with van der Waals surface area (Å²) in [6.45, 7) is 4.08. The van der Waals surface area contributed by atoms with Crippen molar-refractivity contribution in [3.05, 3.63) is 111 Å². The molecule has 0 aliphatic rings. The number of nitrogens with two attached hydrogens (primary N) is 5. The average Bonchev–Trinajstić information content (AvgIpc) is 3.05. The first-order valence-corrected chi connectivity index (χ1v) is 14.9. The molecule has 0 aliphatic heterocycles. The zero-order valence-electron chi connectivity index (χ0n) is 26.1. The Bertz CT molecular complexity index is 2070. The fourth-order valence-corrected chi connectivity index (χ4v) is 4.72. The summed E-state index contributed by atoms with van der Waals surface area (Å²) in [5, 5.41) is 9.89. The highest BCUT2D eigenvalue weighted by Crippen LogP contribution is 2.31. The zero-order chi connectivity index (χ0) is 34.1. The number of anilines is 1. The molecule has 49 heavy (non-hydrogen) atoms. The molecule has 0 unspecified atom stereocenters. The Balaban J connectivity index is 0.000000292. The van der Waals surface area contributed by atoms with Gasteiger partial charge >= 0.3 is 0 Å². The molecule has 0 spiro atoms. The minimum absolute atomic E-state index is 0. The van der Waals surface area contributed by atoms with E-state index in [-0.39, 0.29) is 42.0 Å². The van der Waals surface area contributed by atoms with Crippen LogP contribution in [0.4, 0.5) is 5.95 Å². The number of nitrogens with one attached hydrogen (secondary N) is 1. The van der Waals surface area contributed by atoms with Crippen LogP contribution in [0, 0.1) is 13.8 Å². The second kappa shape index (κ2) is 18.6. The number of fused-ring (bicyclic) bond motifs is 2. The Hall–Kier alpha value is -4.85. The van der Waals surface area contributed by atoms with E-state index in [0.717, 1.165) is 44.3 Å². The van der Waals surface area contributed by atoms with E-state index in [1.54, 1.807) is 12.1 Å². The summed E-state index contributed by atoms with van der Waals surface area (Å²) in [7, 11) is 0. The molecule has 0 bridgehead atoms. The molecule has 12 nitrogen and oxygen atoms in total. The predicted molar refractivity (Wildman–Crippen MR) is 208 cm³/mol. The number of hydrogen-bond donors (Lipinski definition) is 6. The van der Waals surface area contributed by atoms with Gasteiger partial charge in [0.15, 0.2) is 0 Å². The number of halogens is 5. The minimum Gasteiger partial charge on any atom is -0.369 e. The van der Waals surface area contributed by atoms with Gasteiger partial charge in [0.2, 0.25) is 23.2 Å². The van der Waals surface area contributed by atoms with Crippen LogP contribution in [0.2, 0.25) is 15.3 Å². The Morgan fingerprint density at radius 1 is 0.592 bits per heavy atom. The second-order valence-corrected chi connectivity index (χ2v) is 11.2. The van der Waals surface area contributed by atoms with Crippen molar-refractivity contribution in [1.29, 1.82) is 0 Å². The van der Waals surface area contributed by atoms with Crippen molar-refractivity contribution < 1.29 is 0 Å². The number of hydrogen-bond acceptors (Lipinski definition) is 8. The van der Waals surface area contributed by atoms with Crippen LogP contribution < -0.4 is 34.2 Å². The van der Waals surface area contributed by atoms with Crippen molar-refractivity contribution in [1.82, 2.24) is 19.9 Å². The molecule has 0 aliphatic carbocycles. The van der Waals surface area contributed by atoms with Crippen LogP contribution in [0.15, 0.2) is 95.1 Å². The number of nitrogens with zero attached hydrogens (tertiary/aromatic N) is 6. The highest BCUT2D eigenvalue weighted by molar-refractivity contribution is 6.32. The number of rotatable bonds is 4. The molecule has 0 fully saturated rings. The van der Waals surface area contributed by atoms with Gasteiger partial charge in [-0.2, -0.15) is 0 Å². The molecule has 17 heteroatoms. The smallest absolute Gasteiger partial charge is 0.244 e. The third-order valence-corrected chi connectivity index (χ3v) is 7.01. The van der Waals surface area contributed by atoms with Crippen molar-refractivity contribution in [3.8, 4) is 22.5 Å². The van der Waals surface area contributed by atoms with E-state index >= 15 is 0 Å². The predicted octanol–water partition coefficient (Wildman–Crippen LogP) is 6.75. The Morgan fingerprint density at radius 2 is 1.02 bits per heavy atom. The molecule has 0 atom stereocenters. The topological polar surface area (TPSA) is 218 Å². The van der Waals surface area contributed by atoms with Gasteiger partial charge in [0, 0.05) is 31.9 Å². The van der Waals surface area contributed by atoms with Gasteiger partial charge in [-0.25, -0.2) is 25.4 Å². The van der Waals surface area contributed by atoms with E-state index in [9.17, 15) is 0 Å². The van der Waals surface area contributed by atoms with Crippen molar-refractivity contribution >= 4 is 99.3 Å². The van der Waals surface area contributed by atoms with Gasteiger partial charge in [-0.15, -0.1) is 35.0 Å². The van der Waals surface area contributed by atoms with E-state index in [4.69, 9.17) is 57.7 Å². The Morgan fingerprint density at radius 3 is 1.45 bits per heavy atom. The molecule has 256 valence electrons. The normalized spacial score (nSPS) is 9.82. The molecule has 2 heterocycles. The highest BCUT2D eigenvalue weighted by atomic mass is 35.5. The maximum atomic E-state index is 6.12. The van der Waals surface area contributed by atoms with E-state index in [2.05, 4.69) is 41.4 Å². The molecule has 4 aromatic carbocycles. The molecular formula is C32H33Cl5N12. The Kier molecular flexibility index (Phi) is 15.3. The van der Waals surface area contributed by atoms with Crippen molar-refractivity contribution in [3.63, 3.8) is 0 Å². The lowest BCUT2D eigenvalue weighted by Gasteiger charge is -2.09. The third-order valence-electron chi connectivity index (χ3n) is 6.37. The van der Waals surface area contributed by atoms with Gasteiger partial charge in [0.05, 0.1) is 22.4 Å². The van der Waals surface area contributed by atoms with Crippen LogP contribution >= 0.6 is 59.6 Å². The number of aromatic nitrogens is 4. The molecule has 6 rings (SSSR count). The third kappa shape index (κ3) is 11.4. The lowest BCUT2D eigenvalue weighted by Crippen LogP contribution is -2.24. The largest absolute Gasteiger partial charge is 0.369 e. The van der Waals surface area contributed by atoms with Gasteiger partial charge in [-0.3, -0.25) is 0 Å². The van der Waals surface area contributed by atoms with Crippen LogP contribution in [0.5, 0.6) is 0 Å². The summed E-state index contributed by atoms with van der Waals surface area (Å²) in [5.41, 5.74) is 30.1. The monoisotopic (exact) mass is 760 g/mol. The molecule has 11 N–H and O–H groups in total. The maximum Gasteiger partial charge on any atom is 0.244 e. The first kappa shape index (κ1) is 40.3. The SMILES string of the molecule is Cc1ccc(-c2nc(Cl)nc3ccc(Cl)cc23)cc1.Cc1ccc(-c2nc(NN=C(N)N)nc3ccc(Cl)cc23)cc1.Cl.Cl.NN=C(N)N. The molecule has 0 radical (unpaired) electrons. The van der Waals surface area contributed by atoms with Crippen LogP contribution in [-0.4, -0.2) is 31.9 Å². The van der Waals surface area contributed by atoms with E-state index in [0.29, 0.717) is 16.0 Å². The first-order chi connectivity index (χ1) is 22.4. The highest BCUT2D eigenvalue weighted by Gasteiger charge is 2.11. The minimum atomic E-state index is -0.0957. The zero-order valence-corrected chi connectivity index (χ0v) is 30.0. The van der Waals surface area contributed by atoms with Gasteiger partial charge < -0.3 is 28.8 Å². The van der Waals surface area contributed by atoms with Crippen LogP contribution in [0.1, 0.15) is 11.1 Å². The van der Waals surface area contributed by atoms with Crippen molar-refractivity contribution in [2.75, 3.05) is 5.43 Å². The molecule has 2 aromatic heterocycles. The number of benzene rings is 4. The molecular weight excluding hydrogens is 730 g/mol. The summed E-state index contributed by atoms with van der Waals surface area (Å²) in [5.74, 6) is 4.63. The van der Waals surface area contributed by atoms with Gasteiger partial charge in [-0.1, -0.05) is 82.9 Å². The van der Waals surface area contributed by atoms with Gasteiger partial charge in [-0.05, 0) is 61.8 Å². The standard InChI is InChI=1S/C16H15ClN6.C15H10Cl2N2.CH6N4.2ClH/c1-9-2-4-10(5-3-9)14-12-8-11(17)6-7-13(12)20-16(21-14)23-22-15(18)19;1-9-2-4-10(5-3-9)14-12-8-11(16)6-7-13(12)18-15(17)19-14;2-1(3)5-4;;/h2-8H,1H3,(H4,18,19,22)(H,20,21,23);2-8H,1H3;4H2,(H4,2,3,5);2*1H. The van der Waals surface area contributed by atoms with Gasteiger partial charge in [0.1, 0.15) is 0 Å². The van der Waals surface area contributed by atoms with Crippen LogP contribution in [0.3, 0.4) is 0 Å². The second-order valence-electron chi connectivity index (χ2n) is 9.99. The fourth-order valence-electron chi connectivity index (χ4n) is 4.20. The number of hydrazone groups is 2. The fraction of sp³-hybridized carbons (Fsp3) is 0.0625. The molecule has 0 amide bonds. The maximum absolute atomic E-state index is 6.12. The molecule has 0 saturated carbocycles. The van der Waals surface area contributed by atoms with Crippen LogP contribution in [-0.2, 0) is 0 Å². The summed E-state index contributed by atoms with van der Waals surface area (Å²) in [4.78, 5) is 17.5. The van der Waals surface area contributed by atoms with Crippen molar-refractivity contribution in [2.45, 2.75) is 13.8 Å². The van der Waals surface area contributed by atoms with Gasteiger partial charge in [0.25, 0.3) is 0 Å². The molecule has 6 aromatic rings. The Labute approximate surface area is 310 Å². The molecule has 0 saturated heterocycles. The van der Waals surface area contributed by atoms with E-state index < -0.39 is 0 Å². The summed E-state index contributed by atoms with van der Waals surface area (Å²) in [6.07, 6.45) is 0. The van der Waals surface area contributed by atoms with Crippen LogP contribution in [0.25, 0.3) is 44.3 Å². The summed E-state index contributed by atoms with van der Waals surface area (Å²) < 4.78 is 0. The lowest BCUT2D eigenvalue weighted by atomic mass is 10.1. The first-order valence-electron chi connectivity index (χ1n) is 13.8. The lowest BCUT2D eigenvalue weighted by molar-refractivity contribution is 1.14.